The minimum atomic E-state index is 0.430. The molecule has 0 bridgehead atoms. The van der Waals surface area contributed by atoms with Gasteiger partial charge in [0.05, 0.1) is 0 Å². The Labute approximate surface area is 121 Å². The van der Waals surface area contributed by atoms with Crippen LogP contribution in [0.4, 0.5) is 0 Å². The van der Waals surface area contributed by atoms with E-state index >= 15 is 0 Å². The van der Waals surface area contributed by atoms with Crippen LogP contribution in [0.3, 0.4) is 0 Å². The molecule has 1 nitrogen and oxygen atoms in total. The average Bonchev–Trinajstić information content (AvgIpc) is 2.88. The number of thiophene rings is 1. The third kappa shape index (κ3) is 3.94. The molecule has 0 aliphatic rings. The molecule has 0 radical (unpaired) electrons. The van der Waals surface area contributed by atoms with Crippen LogP contribution >= 0.6 is 27.3 Å². The molecule has 96 valence electrons. The molecule has 0 aliphatic heterocycles. The summed E-state index contributed by atoms with van der Waals surface area (Å²) in [5.41, 5.74) is 1.37. The highest BCUT2D eigenvalue weighted by molar-refractivity contribution is 9.10. The fourth-order valence-corrected chi connectivity index (χ4v) is 3.23. The van der Waals surface area contributed by atoms with Crippen molar-refractivity contribution in [1.82, 2.24) is 5.32 Å². The smallest absolute Gasteiger partial charge is 0.0455 e. The molecule has 1 aromatic carbocycles. The molecule has 1 atom stereocenters. The molecule has 0 aliphatic carbocycles. The van der Waals surface area contributed by atoms with E-state index in [4.69, 9.17) is 0 Å². The van der Waals surface area contributed by atoms with Gasteiger partial charge in [0.15, 0.2) is 0 Å². The minimum Gasteiger partial charge on any atom is -0.309 e. The van der Waals surface area contributed by atoms with Gasteiger partial charge >= 0.3 is 0 Å². The highest BCUT2D eigenvalue weighted by Gasteiger charge is 2.12. The first-order chi connectivity index (χ1) is 8.79. The van der Waals surface area contributed by atoms with Gasteiger partial charge in [0.1, 0.15) is 0 Å². The summed E-state index contributed by atoms with van der Waals surface area (Å²) >= 11 is 5.37. The molecule has 1 unspecified atom stereocenters. The lowest BCUT2D eigenvalue weighted by molar-refractivity contribution is 0.536. The van der Waals surface area contributed by atoms with Gasteiger partial charge in [-0.1, -0.05) is 41.1 Å². The summed E-state index contributed by atoms with van der Waals surface area (Å²) in [5.74, 6) is 0. The molecular weight excluding hydrogens is 306 g/mol. The molecule has 0 fully saturated rings. The summed E-state index contributed by atoms with van der Waals surface area (Å²) < 4.78 is 1.15. The van der Waals surface area contributed by atoms with Crippen molar-refractivity contribution in [3.63, 3.8) is 0 Å². The Morgan fingerprint density at radius 2 is 2.17 bits per heavy atom. The first-order valence-electron chi connectivity index (χ1n) is 6.31. The fraction of sp³-hybridized carbons (Fsp3) is 0.333. The summed E-state index contributed by atoms with van der Waals surface area (Å²) in [4.78, 5) is 1.42. The molecule has 3 heteroatoms. The maximum absolute atomic E-state index is 3.63. The van der Waals surface area contributed by atoms with Crippen LogP contribution in [0.2, 0.25) is 0 Å². The van der Waals surface area contributed by atoms with E-state index in [2.05, 4.69) is 69.9 Å². The van der Waals surface area contributed by atoms with Gasteiger partial charge in [-0.2, -0.15) is 0 Å². The molecule has 2 aromatic rings. The molecule has 0 saturated heterocycles. The molecular formula is C15H18BrNS. The first-order valence-corrected chi connectivity index (χ1v) is 7.98. The zero-order chi connectivity index (χ0) is 12.8. The van der Waals surface area contributed by atoms with E-state index in [-0.39, 0.29) is 0 Å². The number of benzene rings is 1. The van der Waals surface area contributed by atoms with Crippen molar-refractivity contribution in [2.24, 2.45) is 0 Å². The minimum absolute atomic E-state index is 0.430. The lowest BCUT2D eigenvalue weighted by atomic mass is 10.0. The molecule has 18 heavy (non-hydrogen) atoms. The molecule has 2 rings (SSSR count). The Bertz CT molecular complexity index is 467. The van der Waals surface area contributed by atoms with E-state index in [1.165, 1.54) is 16.9 Å². The first kappa shape index (κ1) is 13.8. The quantitative estimate of drug-likeness (QED) is 0.805. The Hall–Kier alpha value is -0.640. The summed E-state index contributed by atoms with van der Waals surface area (Å²) in [6, 6.07) is 13.3. The maximum Gasteiger partial charge on any atom is 0.0455 e. The summed E-state index contributed by atoms with van der Waals surface area (Å²) in [7, 11) is 0. The molecule has 1 aromatic heterocycles. The lowest BCUT2D eigenvalue weighted by Crippen LogP contribution is -2.23. The highest BCUT2D eigenvalue weighted by atomic mass is 79.9. The fourth-order valence-electron chi connectivity index (χ4n) is 1.98. The molecule has 1 N–H and O–H groups in total. The Kier molecular flexibility index (Phi) is 5.42. The van der Waals surface area contributed by atoms with Gasteiger partial charge in [-0.3, -0.25) is 0 Å². The van der Waals surface area contributed by atoms with Gasteiger partial charge in [-0.15, -0.1) is 11.3 Å². The number of nitrogens with one attached hydrogen (secondary N) is 1. The van der Waals surface area contributed by atoms with Crippen LogP contribution in [0.15, 0.2) is 46.3 Å². The van der Waals surface area contributed by atoms with E-state index in [1.807, 2.05) is 11.3 Å². The van der Waals surface area contributed by atoms with E-state index < -0.39 is 0 Å². The van der Waals surface area contributed by atoms with Crippen LogP contribution in [-0.2, 0) is 6.42 Å². The van der Waals surface area contributed by atoms with Crippen molar-refractivity contribution in [2.75, 3.05) is 6.54 Å². The van der Waals surface area contributed by atoms with E-state index in [0.29, 0.717) is 6.04 Å². The second-order valence-electron chi connectivity index (χ2n) is 4.36. The van der Waals surface area contributed by atoms with Crippen LogP contribution in [0, 0.1) is 0 Å². The second kappa shape index (κ2) is 7.07. The zero-order valence-electron chi connectivity index (χ0n) is 10.5. The van der Waals surface area contributed by atoms with E-state index in [1.54, 1.807) is 0 Å². The predicted molar refractivity (Wildman–Crippen MR) is 83.2 cm³/mol. The average molecular weight is 324 g/mol. The second-order valence-corrected chi connectivity index (χ2v) is 6.25. The van der Waals surface area contributed by atoms with Crippen LogP contribution in [0.25, 0.3) is 0 Å². The van der Waals surface area contributed by atoms with Crippen molar-refractivity contribution < 1.29 is 0 Å². The van der Waals surface area contributed by atoms with Crippen LogP contribution < -0.4 is 5.32 Å². The zero-order valence-corrected chi connectivity index (χ0v) is 12.9. The molecule has 0 spiro atoms. The van der Waals surface area contributed by atoms with E-state index in [0.717, 1.165) is 17.4 Å². The largest absolute Gasteiger partial charge is 0.309 e. The highest BCUT2D eigenvalue weighted by Crippen LogP contribution is 2.24. The Morgan fingerprint density at radius 3 is 2.83 bits per heavy atom. The van der Waals surface area contributed by atoms with Gasteiger partial charge in [0.25, 0.3) is 0 Å². The van der Waals surface area contributed by atoms with Gasteiger partial charge in [-0.05, 0) is 48.5 Å². The summed E-state index contributed by atoms with van der Waals surface area (Å²) in [5, 5.41) is 5.78. The van der Waals surface area contributed by atoms with Crippen molar-refractivity contribution in [3.05, 3.63) is 56.7 Å². The Morgan fingerprint density at radius 1 is 1.28 bits per heavy atom. The van der Waals surface area contributed by atoms with Crippen LogP contribution in [-0.4, -0.2) is 6.54 Å². The van der Waals surface area contributed by atoms with Crippen molar-refractivity contribution in [1.29, 1.82) is 0 Å². The van der Waals surface area contributed by atoms with Crippen LogP contribution in [0.5, 0.6) is 0 Å². The maximum atomic E-state index is 3.63. The standard InChI is InChI=1S/C15H18BrNS/c1-2-8-17-14(15-7-4-9-18-15)11-12-5-3-6-13(16)10-12/h3-7,9-10,14,17H,2,8,11H2,1H3. The van der Waals surface area contributed by atoms with Gasteiger partial charge in [-0.25, -0.2) is 0 Å². The topological polar surface area (TPSA) is 12.0 Å². The lowest BCUT2D eigenvalue weighted by Gasteiger charge is -2.17. The predicted octanol–water partition coefficient (Wildman–Crippen LogP) is 4.79. The summed E-state index contributed by atoms with van der Waals surface area (Å²) in [6.07, 6.45) is 2.21. The van der Waals surface area contributed by atoms with Gasteiger partial charge in [0.2, 0.25) is 0 Å². The van der Waals surface area contributed by atoms with Crippen molar-refractivity contribution in [2.45, 2.75) is 25.8 Å². The van der Waals surface area contributed by atoms with Crippen LogP contribution in [0.1, 0.15) is 29.8 Å². The van der Waals surface area contributed by atoms with Crippen molar-refractivity contribution >= 4 is 27.3 Å². The SMILES string of the molecule is CCCNC(Cc1cccc(Br)c1)c1cccs1. The third-order valence-corrected chi connectivity index (χ3v) is 4.34. The third-order valence-electron chi connectivity index (χ3n) is 2.86. The van der Waals surface area contributed by atoms with E-state index in [9.17, 15) is 0 Å². The number of halogens is 1. The normalized spacial score (nSPS) is 12.6. The molecule has 0 amide bonds. The van der Waals surface area contributed by atoms with Gasteiger partial charge < -0.3 is 5.32 Å². The van der Waals surface area contributed by atoms with Crippen molar-refractivity contribution in [3.8, 4) is 0 Å². The molecule has 1 heterocycles. The monoisotopic (exact) mass is 323 g/mol. The number of rotatable bonds is 6. The number of hydrogen-bond donors (Lipinski definition) is 1. The number of hydrogen-bond acceptors (Lipinski definition) is 2. The molecule has 0 saturated carbocycles. The Balaban J connectivity index is 2.10. The summed E-state index contributed by atoms with van der Waals surface area (Å²) in [6.45, 7) is 3.27. The van der Waals surface area contributed by atoms with Gasteiger partial charge in [0, 0.05) is 15.4 Å².